The molecule has 1 aromatic heterocycles. The van der Waals surface area contributed by atoms with E-state index in [0.29, 0.717) is 11.5 Å². The minimum absolute atomic E-state index is 0.0923. The Bertz CT molecular complexity index is 554. The van der Waals surface area contributed by atoms with Gasteiger partial charge >= 0.3 is 0 Å². The van der Waals surface area contributed by atoms with Gasteiger partial charge in [0.2, 0.25) is 0 Å². The van der Waals surface area contributed by atoms with Crippen molar-refractivity contribution < 1.29 is 9.47 Å². The molecule has 0 saturated heterocycles. The van der Waals surface area contributed by atoms with Gasteiger partial charge in [-0.25, -0.2) is 4.98 Å². The van der Waals surface area contributed by atoms with Crippen LogP contribution in [-0.2, 0) is 6.42 Å². The van der Waals surface area contributed by atoms with Gasteiger partial charge in [0, 0.05) is 23.5 Å². The summed E-state index contributed by atoms with van der Waals surface area (Å²) in [5.41, 5.74) is 8.28. The highest BCUT2D eigenvalue weighted by Gasteiger charge is 2.12. The van der Waals surface area contributed by atoms with Crippen LogP contribution in [-0.4, -0.2) is 19.2 Å². The molecule has 0 bridgehead atoms. The number of hydrogen-bond acceptors (Lipinski definition) is 5. The molecule has 0 saturated carbocycles. The van der Waals surface area contributed by atoms with E-state index in [4.69, 9.17) is 15.2 Å². The molecule has 2 N–H and O–H groups in total. The first-order valence-electron chi connectivity index (χ1n) is 6.02. The first-order valence-corrected chi connectivity index (χ1v) is 6.90. The zero-order valence-corrected chi connectivity index (χ0v) is 12.2. The molecule has 0 spiro atoms. The van der Waals surface area contributed by atoms with Crippen molar-refractivity contribution in [3.8, 4) is 11.5 Å². The summed E-state index contributed by atoms with van der Waals surface area (Å²) in [7, 11) is 3.24. The van der Waals surface area contributed by atoms with Crippen LogP contribution in [0.2, 0.25) is 0 Å². The van der Waals surface area contributed by atoms with E-state index in [2.05, 4.69) is 4.98 Å². The predicted molar refractivity (Wildman–Crippen MR) is 77.0 cm³/mol. The Morgan fingerprint density at radius 3 is 2.58 bits per heavy atom. The lowest BCUT2D eigenvalue weighted by molar-refractivity contribution is 0.354. The molecule has 1 unspecified atom stereocenters. The van der Waals surface area contributed by atoms with Crippen LogP contribution in [0.1, 0.15) is 22.3 Å². The van der Waals surface area contributed by atoms with E-state index in [-0.39, 0.29) is 6.04 Å². The Morgan fingerprint density at radius 2 is 2.00 bits per heavy atom. The molecule has 2 aromatic rings. The van der Waals surface area contributed by atoms with Crippen molar-refractivity contribution in [1.29, 1.82) is 0 Å². The molecule has 102 valence electrons. The van der Waals surface area contributed by atoms with Gasteiger partial charge in [0.25, 0.3) is 0 Å². The highest BCUT2D eigenvalue weighted by molar-refractivity contribution is 7.09. The number of nitrogens with two attached hydrogens (primary N) is 1. The quantitative estimate of drug-likeness (QED) is 0.913. The summed E-state index contributed by atoms with van der Waals surface area (Å²) in [5.74, 6) is 1.41. The van der Waals surface area contributed by atoms with Crippen molar-refractivity contribution in [2.45, 2.75) is 19.4 Å². The molecule has 0 fully saturated rings. The monoisotopic (exact) mass is 278 g/mol. The molecular formula is C14H18N2O2S. The summed E-state index contributed by atoms with van der Waals surface area (Å²) < 4.78 is 10.5. The maximum Gasteiger partial charge on any atom is 0.161 e. The van der Waals surface area contributed by atoms with Crippen LogP contribution in [0.5, 0.6) is 11.5 Å². The Kier molecular flexibility index (Phi) is 4.39. The van der Waals surface area contributed by atoms with E-state index < -0.39 is 0 Å². The Labute approximate surface area is 117 Å². The summed E-state index contributed by atoms with van der Waals surface area (Å²) in [6.45, 7) is 1.99. The Hall–Kier alpha value is -1.59. The van der Waals surface area contributed by atoms with Crippen LogP contribution in [0, 0.1) is 6.92 Å². The van der Waals surface area contributed by atoms with Gasteiger partial charge in [0.15, 0.2) is 11.5 Å². The molecule has 0 radical (unpaired) electrons. The van der Waals surface area contributed by atoms with Gasteiger partial charge < -0.3 is 15.2 Å². The lowest BCUT2D eigenvalue weighted by Crippen LogP contribution is -2.13. The molecule has 5 heteroatoms. The molecule has 0 amide bonds. The van der Waals surface area contributed by atoms with Gasteiger partial charge in [0.05, 0.1) is 19.2 Å². The summed E-state index contributed by atoms with van der Waals surface area (Å²) in [6.07, 6.45) is 0.730. The summed E-state index contributed by atoms with van der Waals surface area (Å²) in [6, 6.07) is 5.67. The topological polar surface area (TPSA) is 57.4 Å². The molecular weight excluding hydrogens is 260 g/mol. The van der Waals surface area contributed by atoms with E-state index in [9.17, 15) is 0 Å². The molecule has 1 aromatic carbocycles. The summed E-state index contributed by atoms with van der Waals surface area (Å²) in [4.78, 5) is 4.44. The number of ether oxygens (including phenoxy) is 2. The molecule has 1 atom stereocenters. The van der Waals surface area contributed by atoms with E-state index in [1.54, 1.807) is 25.6 Å². The fourth-order valence-corrected chi connectivity index (χ4v) is 2.72. The van der Waals surface area contributed by atoms with E-state index in [1.165, 1.54) is 0 Å². The van der Waals surface area contributed by atoms with Crippen molar-refractivity contribution in [3.05, 3.63) is 39.8 Å². The number of rotatable bonds is 5. The number of benzene rings is 1. The zero-order valence-electron chi connectivity index (χ0n) is 11.3. The maximum absolute atomic E-state index is 6.22. The third kappa shape index (κ3) is 3.24. The molecule has 19 heavy (non-hydrogen) atoms. The number of aromatic nitrogens is 1. The van der Waals surface area contributed by atoms with E-state index in [0.717, 1.165) is 22.7 Å². The number of hydrogen-bond donors (Lipinski definition) is 1. The molecule has 2 rings (SSSR count). The standard InChI is InChI=1S/C14H18N2O2S/c1-9-8-19-14(16-9)7-11(15)10-4-5-12(17-2)13(6-10)18-3/h4-6,8,11H,7,15H2,1-3H3. The van der Waals surface area contributed by atoms with Crippen LogP contribution >= 0.6 is 11.3 Å². The number of aryl methyl sites for hydroxylation is 1. The first kappa shape index (κ1) is 13.8. The van der Waals surface area contributed by atoms with Crippen LogP contribution in [0.3, 0.4) is 0 Å². The molecule has 0 aliphatic carbocycles. The largest absolute Gasteiger partial charge is 0.493 e. The number of thiazole rings is 1. The van der Waals surface area contributed by atoms with Gasteiger partial charge in [-0.3, -0.25) is 0 Å². The zero-order chi connectivity index (χ0) is 13.8. The van der Waals surface area contributed by atoms with Crippen molar-refractivity contribution >= 4 is 11.3 Å². The predicted octanol–water partition coefficient (Wildman–Crippen LogP) is 2.71. The fourth-order valence-electron chi connectivity index (χ4n) is 1.89. The van der Waals surface area contributed by atoms with Crippen LogP contribution in [0.15, 0.2) is 23.6 Å². The van der Waals surface area contributed by atoms with E-state index in [1.807, 2.05) is 30.5 Å². The Balaban J connectivity index is 2.16. The minimum atomic E-state index is -0.0923. The van der Waals surface area contributed by atoms with Gasteiger partial charge in [-0.1, -0.05) is 6.07 Å². The third-order valence-corrected chi connectivity index (χ3v) is 3.89. The van der Waals surface area contributed by atoms with Gasteiger partial charge in [0.1, 0.15) is 0 Å². The lowest BCUT2D eigenvalue weighted by atomic mass is 10.0. The van der Waals surface area contributed by atoms with E-state index >= 15 is 0 Å². The maximum atomic E-state index is 6.22. The number of methoxy groups -OCH3 is 2. The van der Waals surface area contributed by atoms with Gasteiger partial charge in [-0.15, -0.1) is 11.3 Å². The van der Waals surface area contributed by atoms with Crippen molar-refractivity contribution in [2.75, 3.05) is 14.2 Å². The average molecular weight is 278 g/mol. The summed E-state index contributed by atoms with van der Waals surface area (Å²) in [5, 5.41) is 3.09. The van der Waals surface area contributed by atoms with Crippen molar-refractivity contribution in [3.63, 3.8) is 0 Å². The van der Waals surface area contributed by atoms with Crippen molar-refractivity contribution in [1.82, 2.24) is 4.98 Å². The van der Waals surface area contributed by atoms with Gasteiger partial charge in [-0.2, -0.15) is 0 Å². The molecule has 4 nitrogen and oxygen atoms in total. The normalized spacial score (nSPS) is 12.2. The van der Waals surface area contributed by atoms with Crippen LogP contribution < -0.4 is 15.2 Å². The van der Waals surface area contributed by atoms with Crippen LogP contribution in [0.25, 0.3) is 0 Å². The first-order chi connectivity index (χ1) is 9.13. The summed E-state index contributed by atoms with van der Waals surface area (Å²) >= 11 is 1.64. The minimum Gasteiger partial charge on any atom is -0.493 e. The molecule has 0 aliphatic heterocycles. The fraction of sp³-hybridized carbons (Fsp3) is 0.357. The lowest BCUT2D eigenvalue weighted by Gasteiger charge is -2.14. The molecule has 1 heterocycles. The SMILES string of the molecule is COc1ccc(C(N)Cc2nc(C)cs2)cc1OC. The highest BCUT2D eigenvalue weighted by Crippen LogP contribution is 2.30. The second kappa shape index (κ2) is 6.04. The average Bonchev–Trinajstić information content (AvgIpc) is 2.83. The van der Waals surface area contributed by atoms with Crippen molar-refractivity contribution in [2.24, 2.45) is 5.73 Å². The third-order valence-electron chi connectivity index (χ3n) is 2.90. The molecule has 0 aliphatic rings. The smallest absolute Gasteiger partial charge is 0.161 e. The Morgan fingerprint density at radius 1 is 1.26 bits per heavy atom. The second-order valence-electron chi connectivity index (χ2n) is 4.31. The highest BCUT2D eigenvalue weighted by atomic mass is 32.1. The van der Waals surface area contributed by atoms with Crippen LogP contribution in [0.4, 0.5) is 0 Å². The second-order valence-corrected chi connectivity index (χ2v) is 5.25. The van der Waals surface area contributed by atoms with Gasteiger partial charge in [-0.05, 0) is 24.6 Å². The number of nitrogens with zero attached hydrogens (tertiary/aromatic N) is 1.